The van der Waals surface area contributed by atoms with Crippen molar-refractivity contribution in [3.63, 3.8) is 0 Å². The minimum absolute atomic E-state index is 0.0178. The molecule has 0 radical (unpaired) electrons. The van der Waals surface area contributed by atoms with Gasteiger partial charge >= 0.3 is 0 Å². The van der Waals surface area contributed by atoms with E-state index in [1.807, 2.05) is 6.92 Å². The molecule has 0 bridgehead atoms. The second-order valence-corrected chi connectivity index (χ2v) is 5.65. The Bertz CT molecular complexity index is 349. The lowest BCUT2D eigenvalue weighted by Gasteiger charge is -2.28. The first-order valence-corrected chi connectivity index (χ1v) is 6.71. The van der Waals surface area contributed by atoms with E-state index in [2.05, 4.69) is 22.6 Å². The molecule has 1 fully saturated rings. The highest BCUT2D eigenvalue weighted by Gasteiger charge is 2.35. The molecule has 0 aliphatic heterocycles. The van der Waals surface area contributed by atoms with Crippen LogP contribution in [0.4, 0.5) is 0 Å². The molecule has 1 N–H and O–H groups in total. The van der Waals surface area contributed by atoms with Gasteiger partial charge in [0.1, 0.15) is 5.01 Å². The number of thiazole rings is 1. The number of rotatable bonds is 6. The van der Waals surface area contributed by atoms with Gasteiger partial charge in [-0.05, 0) is 33.1 Å². The molecule has 0 saturated heterocycles. The summed E-state index contributed by atoms with van der Waals surface area (Å²) in [6.45, 7) is 5.06. The van der Waals surface area contributed by atoms with Crippen LogP contribution in [0.15, 0.2) is 5.38 Å². The Kier molecular flexibility index (Phi) is 3.62. The highest BCUT2D eigenvalue weighted by molar-refractivity contribution is 7.09. The van der Waals surface area contributed by atoms with Crippen LogP contribution >= 0.6 is 11.3 Å². The monoisotopic (exact) mass is 240 g/mol. The van der Waals surface area contributed by atoms with Gasteiger partial charge in [0.2, 0.25) is 0 Å². The summed E-state index contributed by atoms with van der Waals surface area (Å²) in [7, 11) is 1.75. The minimum atomic E-state index is -0.0178. The van der Waals surface area contributed by atoms with Crippen LogP contribution in [-0.2, 0) is 10.3 Å². The average Bonchev–Trinajstić information content (AvgIpc) is 2.94. The molecule has 1 aromatic rings. The molecular formula is C12H20N2OS. The second-order valence-electron chi connectivity index (χ2n) is 4.79. The van der Waals surface area contributed by atoms with Gasteiger partial charge in [0.25, 0.3) is 0 Å². The summed E-state index contributed by atoms with van der Waals surface area (Å²) in [5.74, 6) is 0. The quantitative estimate of drug-likeness (QED) is 0.829. The fourth-order valence-corrected chi connectivity index (χ4v) is 2.79. The first-order chi connectivity index (χ1) is 7.64. The van der Waals surface area contributed by atoms with Gasteiger partial charge in [-0.25, -0.2) is 4.98 Å². The van der Waals surface area contributed by atoms with Crippen LogP contribution in [0.1, 0.15) is 36.9 Å². The first-order valence-electron chi connectivity index (χ1n) is 5.83. The molecule has 1 aliphatic carbocycles. The Morgan fingerprint density at radius 2 is 2.38 bits per heavy atom. The zero-order valence-corrected chi connectivity index (χ0v) is 11.1. The average molecular weight is 240 g/mol. The number of nitrogens with zero attached hydrogens (tertiary/aromatic N) is 1. The molecule has 0 aromatic carbocycles. The summed E-state index contributed by atoms with van der Waals surface area (Å²) in [4.78, 5) is 4.62. The number of methoxy groups -OCH3 is 1. The Morgan fingerprint density at radius 3 is 2.88 bits per heavy atom. The van der Waals surface area contributed by atoms with Gasteiger partial charge in [0.15, 0.2) is 0 Å². The Labute approximate surface area is 101 Å². The maximum Gasteiger partial charge on any atom is 0.113 e. The van der Waals surface area contributed by atoms with Crippen molar-refractivity contribution < 1.29 is 4.74 Å². The lowest BCUT2D eigenvalue weighted by Crippen LogP contribution is -2.41. The van der Waals surface area contributed by atoms with E-state index < -0.39 is 0 Å². The zero-order chi connectivity index (χ0) is 11.6. The zero-order valence-electron chi connectivity index (χ0n) is 10.2. The topological polar surface area (TPSA) is 34.1 Å². The molecule has 1 aromatic heterocycles. The Balaban J connectivity index is 2.11. The van der Waals surface area contributed by atoms with E-state index in [1.54, 1.807) is 18.4 Å². The molecule has 1 saturated carbocycles. The summed E-state index contributed by atoms with van der Waals surface area (Å²) in [5, 5.41) is 7.01. The van der Waals surface area contributed by atoms with Gasteiger partial charge in [0.05, 0.1) is 5.54 Å². The summed E-state index contributed by atoms with van der Waals surface area (Å²) < 4.78 is 5.20. The molecule has 2 rings (SSSR count). The van der Waals surface area contributed by atoms with Crippen LogP contribution in [0.2, 0.25) is 0 Å². The number of nitrogens with one attached hydrogen (secondary N) is 1. The van der Waals surface area contributed by atoms with E-state index >= 15 is 0 Å². The fraction of sp³-hybridized carbons (Fsp3) is 0.750. The van der Waals surface area contributed by atoms with E-state index in [-0.39, 0.29) is 5.54 Å². The number of aromatic nitrogens is 1. The van der Waals surface area contributed by atoms with E-state index in [0.717, 1.165) is 18.7 Å². The smallest absolute Gasteiger partial charge is 0.113 e. The third-order valence-corrected chi connectivity index (χ3v) is 4.22. The van der Waals surface area contributed by atoms with Crippen LogP contribution < -0.4 is 5.32 Å². The normalized spacial score (nSPS) is 19.7. The Hall–Kier alpha value is -0.450. The molecular weight excluding hydrogens is 220 g/mol. The SMILES string of the molecule is COCCC(C)(NC1CC1)c1nc(C)cs1. The van der Waals surface area contributed by atoms with Crippen LogP contribution in [0.3, 0.4) is 0 Å². The standard InChI is InChI=1S/C12H20N2OS/c1-9-8-16-11(13-9)12(2,6-7-15-3)14-10-4-5-10/h8,10,14H,4-7H2,1-3H3. The minimum Gasteiger partial charge on any atom is -0.385 e. The van der Waals surface area contributed by atoms with Crippen molar-refractivity contribution in [3.8, 4) is 0 Å². The van der Waals surface area contributed by atoms with Gasteiger partial charge in [-0.3, -0.25) is 0 Å². The van der Waals surface area contributed by atoms with Crippen molar-refractivity contribution >= 4 is 11.3 Å². The second kappa shape index (κ2) is 4.82. The lowest BCUT2D eigenvalue weighted by molar-refractivity contribution is 0.158. The van der Waals surface area contributed by atoms with Crippen LogP contribution in [-0.4, -0.2) is 24.7 Å². The highest BCUT2D eigenvalue weighted by Crippen LogP contribution is 2.32. The molecule has 3 nitrogen and oxygen atoms in total. The predicted molar refractivity (Wildman–Crippen MR) is 66.9 cm³/mol. The van der Waals surface area contributed by atoms with Gasteiger partial charge in [-0.2, -0.15) is 0 Å². The van der Waals surface area contributed by atoms with E-state index in [1.165, 1.54) is 17.8 Å². The fourth-order valence-electron chi connectivity index (χ4n) is 1.83. The molecule has 1 heterocycles. The molecule has 1 atom stereocenters. The van der Waals surface area contributed by atoms with Crippen molar-refractivity contribution in [1.82, 2.24) is 10.3 Å². The molecule has 0 amide bonds. The number of hydrogen-bond donors (Lipinski definition) is 1. The highest BCUT2D eigenvalue weighted by atomic mass is 32.1. The van der Waals surface area contributed by atoms with Crippen molar-refractivity contribution in [2.75, 3.05) is 13.7 Å². The molecule has 4 heteroatoms. The predicted octanol–water partition coefficient (Wildman–Crippen LogP) is 2.46. The third-order valence-electron chi connectivity index (χ3n) is 3.00. The van der Waals surface area contributed by atoms with E-state index in [4.69, 9.17) is 4.74 Å². The first kappa shape index (κ1) is 12.0. The van der Waals surface area contributed by atoms with Crippen molar-refractivity contribution in [3.05, 3.63) is 16.1 Å². The van der Waals surface area contributed by atoms with Gasteiger partial charge in [-0.15, -0.1) is 11.3 Å². The number of aryl methyl sites for hydroxylation is 1. The summed E-state index contributed by atoms with van der Waals surface area (Å²) in [5.41, 5.74) is 1.09. The van der Waals surface area contributed by atoms with Crippen LogP contribution in [0, 0.1) is 6.92 Å². The number of hydrogen-bond acceptors (Lipinski definition) is 4. The van der Waals surface area contributed by atoms with Gasteiger partial charge in [-0.1, -0.05) is 0 Å². The van der Waals surface area contributed by atoms with Crippen molar-refractivity contribution in [2.45, 2.75) is 44.7 Å². The van der Waals surface area contributed by atoms with Gasteiger partial charge < -0.3 is 10.1 Å². The van der Waals surface area contributed by atoms with E-state index in [9.17, 15) is 0 Å². The molecule has 90 valence electrons. The van der Waals surface area contributed by atoms with Gasteiger partial charge in [0, 0.05) is 30.8 Å². The molecule has 1 unspecified atom stereocenters. The van der Waals surface area contributed by atoms with Crippen molar-refractivity contribution in [2.24, 2.45) is 0 Å². The summed E-state index contributed by atoms with van der Waals surface area (Å²) in [6, 6.07) is 0.686. The van der Waals surface area contributed by atoms with Crippen molar-refractivity contribution in [1.29, 1.82) is 0 Å². The maximum atomic E-state index is 5.20. The summed E-state index contributed by atoms with van der Waals surface area (Å²) >= 11 is 1.75. The van der Waals surface area contributed by atoms with E-state index in [0.29, 0.717) is 6.04 Å². The maximum absolute atomic E-state index is 5.20. The van der Waals surface area contributed by atoms with Crippen LogP contribution in [0.5, 0.6) is 0 Å². The lowest BCUT2D eigenvalue weighted by atomic mass is 9.99. The molecule has 1 aliphatic rings. The third kappa shape index (κ3) is 2.81. The van der Waals surface area contributed by atoms with Crippen LogP contribution in [0.25, 0.3) is 0 Å². The Morgan fingerprint density at radius 1 is 1.62 bits per heavy atom. The largest absolute Gasteiger partial charge is 0.385 e. The molecule has 16 heavy (non-hydrogen) atoms. The summed E-state index contributed by atoms with van der Waals surface area (Å²) in [6.07, 6.45) is 3.58. The number of ether oxygens (including phenoxy) is 1. The molecule has 0 spiro atoms.